The fraction of sp³-hybridized carbons (Fsp3) is 0.316. The van der Waals surface area contributed by atoms with Crippen molar-refractivity contribution in [1.82, 2.24) is 19.9 Å². The van der Waals surface area contributed by atoms with Crippen LogP contribution in [0.1, 0.15) is 24.4 Å². The number of hydrogen-bond acceptors (Lipinski definition) is 3. The molecule has 3 aromatic rings. The summed E-state index contributed by atoms with van der Waals surface area (Å²) in [6.45, 7) is 3.28. The number of urea groups is 1. The predicted octanol–water partition coefficient (Wildman–Crippen LogP) is 3.75. The number of aromatic nitrogens is 3. The highest BCUT2D eigenvalue weighted by atomic mass is 19.1. The van der Waals surface area contributed by atoms with Gasteiger partial charge in [-0.15, -0.1) is 5.10 Å². The lowest BCUT2D eigenvalue weighted by atomic mass is 10.1. The molecule has 0 bridgehead atoms. The number of likely N-dealkylation sites (tertiary alicyclic amines) is 1. The summed E-state index contributed by atoms with van der Waals surface area (Å²) in [5.74, 6) is -0.366. The molecule has 0 atom stereocenters. The molecule has 0 unspecified atom stereocenters. The average Bonchev–Trinajstić information content (AvgIpc) is 3.05. The van der Waals surface area contributed by atoms with Crippen LogP contribution in [0.5, 0.6) is 0 Å². The zero-order valence-corrected chi connectivity index (χ0v) is 14.5. The topological polar surface area (TPSA) is 63.1 Å². The molecule has 1 aliphatic rings. The maximum absolute atomic E-state index is 13.2. The van der Waals surface area contributed by atoms with Gasteiger partial charge in [0.15, 0.2) is 0 Å². The second-order valence-electron chi connectivity index (χ2n) is 6.68. The number of anilines is 1. The van der Waals surface area contributed by atoms with Gasteiger partial charge in [-0.2, -0.15) is 0 Å². The van der Waals surface area contributed by atoms with E-state index in [1.165, 1.54) is 12.1 Å². The number of aryl methyl sites for hydroxylation is 1. The third-order valence-electron chi connectivity index (χ3n) is 4.80. The molecule has 1 saturated heterocycles. The summed E-state index contributed by atoms with van der Waals surface area (Å²) in [5.41, 5.74) is 3.55. The van der Waals surface area contributed by atoms with Crippen LogP contribution >= 0.6 is 0 Å². The number of amides is 2. The van der Waals surface area contributed by atoms with E-state index in [0.29, 0.717) is 18.8 Å². The van der Waals surface area contributed by atoms with Gasteiger partial charge < -0.3 is 10.2 Å². The van der Waals surface area contributed by atoms with Crippen LogP contribution in [-0.4, -0.2) is 39.0 Å². The van der Waals surface area contributed by atoms with Crippen LogP contribution < -0.4 is 5.32 Å². The van der Waals surface area contributed by atoms with Gasteiger partial charge in [-0.3, -0.25) is 0 Å². The largest absolute Gasteiger partial charge is 0.324 e. The van der Waals surface area contributed by atoms with Crippen LogP contribution in [-0.2, 0) is 0 Å². The molecule has 0 saturated carbocycles. The Labute approximate surface area is 150 Å². The molecule has 2 aromatic carbocycles. The van der Waals surface area contributed by atoms with Crippen molar-refractivity contribution in [3.05, 3.63) is 53.8 Å². The number of hydrogen-bond donors (Lipinski definition) is 1. The lowest BCUT2D eigenvalue weighted by molar-refractivity contribution is 0.181. The monoisotopic (exact) mass is 353 g/mol. The molecule has 1 N–H and O–H groups in total. The first-order valence-electron chi connectivity index (χ1n) is 8.73. The van der Waals surface area contributed by atoms with Crippen molar-refractivity contribution in [1.29, 1.82) is 0 Å². The quantitative estimate of drug-likeness (QED) is 0.763. The molecule has 26 heavy (non-hydrogen) atoms. The van der Waals surface area contributed by atoms with Gasteiger partial charge in [-0.05, 0) is 55.7 Å². The number of carbonyl (C=O) groups is 1. The lowest BCUT2D eigenvalue weighted by Gasteiger charge is -2.32. The molecule has 2 heterocycles. The summed E-state index contributed by atoms with van der Waals surface area (Å²) in [6.07, 6.45) is 1.62. The molecular weight excluding hydrogens is 333 g/mol. The minimum absolute atomic E-state index is 0.201. The molecule has 6 nitrogen and oxygen atoms in total. The van der Waals surface area contributed by atoms with E-state index in [1.54, 1.807) is 17.0 Å². The van der Waals surface area contributed by atoms with Crippen molar-refractivity contribution >= 4 is 22.8 Å². The Morgan fingerprint density at radius 2 is 2.00 bits per heavy atom. The van der Waals surface area contributed by atoms with Crippen LogP contribution in [0.4, 0.5) is 14.9 Å². The zero-order valence-electron chi connectivity index (χ0n) is 14.5. The van der Waals surface area contributed by atoms with Crippen molar-refractivity contribution in [2.45, 2.75) is 25.8 Å². The molecule has 2 amide bonds. The van der Waals surface area contributed by atoms with E-state index in [1.807, 2.05) is 23.7 Å². The highest BCUT2D eigenvalue weighted by Crippen LogP contribution is 2.26. The van der Waals surface area contributed by atoms with Gasteiger partial charge in [-0.25, -0.2) is 13.9 Å². The molecular formula is C19H20FN5O. The summed E-state index contributed by atoms with van der Waals surface area (Å²) in [6, 6.07) is 12.1. The molecule has 1 aliphatic heterocycles. The maximum Gasteiger partial charge on any atom is 0.321 e. The first kappa shape index (κ1) is 16.5. The van der Waals surface area contributed by atoms with Crippen LogP contribution in [0.2, 0.25) is 0 Å². The highest BCUT2D eigenvalue weighted by Gasteiger charge is 2.25. The van der Waals surface area contributed by atoms with E-state index < -0.39 is 0 Å². The van der Waals surface area contributed by atoms with Gasteiger partial charge in [0.05, 0.1) is 11.6 Å². The number of halogens is 1. The van der Waals surface area contributed by atoms with Crippen LogP contribution in [0, 0.1) is 12.7 Å². The normalized spacial score (nSPS) is 15.4. The van der Waals surface area contributed by atoms with Gasteiger partial charge in [0.2, 0.25) is 0 Å². The number of benzene rings is 2. The van der Waals surface area contributed by atoms with E-state index in [0.717, 1.165) is 29.4 Å². The number of carbonyl (C=O) groups excluding carboxylic acids is 1. The second kappa shape index (κ2) is 6.74. The van der Waals surface area contributed by atoms with E-state index in [9.17, 15) is 9.18 Å². The fourth-order valence-electron chi connectivity index (χ4n) is 3.40. The molecule has 1 fully saturated rings. The number of fused-ring (bicyclic) bond motifs is 1. The molecule has 0 radical (unpaired) electrons. The van der Waals surface area contributed by atoms with E-state index in [4.69, 9.17) is 0 Å². The Balaban J connectivity index is 1.41. The maximum atomic E-state index is 13.2. The van der Waals surface area contributed by atoms with Crippen molar-refractivity contribution in [3.8, 4) is 0 Å². The predicted molar refractivity (Wildman–Crippen MR) is 97.5 cm³/mol. The van der Waals surface area contributed by atoms with Gasteiger partial charge in [0, 0.05) is 18.8 Å². The lowest BCUT2D eigenvalue weighted by Crippen LogP contribution is -2.41. The smallest absolute Gasteiger partial charge is 0.321 e. The van der Waals surface area contributed by atoms with Crippen molar-refractivity contribution in [2.24, 2.45) is 0 Å². The number of nitrogens with zero attached hydrogens (tertiary/aromatic N) is 4. The van der Waals surface area contributed by atoms with Gasteiger partial charge >= 0.3 is 6.03 Å². The van der Waals surface area contributed by atoms with E-state index in [2.05, 4.69) is 21.7 Å². The Kier molecular flexibility index (Phi) is 4.28. The Bertz CT molecular complexity index is 946. The minimum Gasteiger partial charge on any atom is -0.324 e. The Hall–Kier alpha value is -2.96. The molecule has 0 spiro atoms. The summed E-state index contributed by atoms with van der Waals surface area (Å²) < 4.78 is 15.2. The second-order valence-corrected chi connectivity index (χ2v) is 6.68. The standard InChI is InChI=1S/C19H20FN5O/c1-13-5-6-18-17(11-13)22-23-25(18)16-7-9-24(10-8-16)19(26)21-15-4-2-3-14(20)12-15/h2-6,11-12,16H,7-10H2,1H3,(H,21,26). The fourth-order valence-corrected chi connectivity index (χ4v) is 3.40. The molecule has 0 aliphatic carbocycles. The van der Waals surface area contributed by atoms with E-state index >= 15 is 0 Å². The van der Waals surface area contributed by atoms with Crippen molar-refractivity contribution < 1.29 is 9.18 Å². The third-order valence-corrected chi connectivity index (χ3v) is 4.80. The van der Waals surface area contributed by atoms with Gasteiger partial charge in [-0.1, -0.05) is 17.3 Å². The van der Waals surface area contributed by atoms with Crippen LogP contribution in [0.15, 0.2) is 42.5 Å². The molecule has 134 valence electrons. The highest BCUT2D eigenvalue weighted by molar-refractivity contribution is 5.89. The van der Waals surface area contributed by atoms with E-state index in [-0.39, 0.29) is 17.9 Å². The summed E-state index contributed by atoms with van der Waals surface area (Å²) in [7, 11) is 0. The third kappa shape index (κ3) is 3.24. The van der Waals surface area contributed by atoms with Crippen LogP contribution in [0.3, 0.4) is 0 Å². The summed E-state index contributed by atoms with van der Waals surface area (Å²) in [5, 5.41) is 11.3. The SMILES string of the molecule is Cc1ccc2c(c1)nnn2C1CCN(C(=O)Nc2cccc(F)c2)CC1. The summed E-state index contributed by atoms with van der Waals surface area (Å²) in [4.78, 5) is 14.1. The van der Waals surface area contributed by atoms with Gasteiger partial charge in [0.1, 0.15) is 11.3 Å². The zero-order chi connectivity index (χ0) is 18.1. The number of piperidine rings is 1. The average molecular weight is 353 g/mol. The number of nitrogens with one attached hydrogen (secondary N) is 1. The first-order valence-corrected chi connectivity index (χ1v) is 8.73. The van der Waals surface area contributed by atoms with Crippen LogP contribution in [0.25, 0.3) is 11.0 Å². The van der Waals surface area contributed by atoms with Gasteiger partial charge in [0.25, 0.3) is 0 Å². The number of rotatable bonds is 2. The molecule has 4 rings (SSSR count). The minimum atomic E-state index is -0.366. The summed E-state index contributed by atoms with van der Waals surface area (Å²) >= 11 is 0. The Morgan fingerprint density at radius 3 is 2.77 bits per heavy atom. The molecule has 7 heteroatoms. The molecule has 1 aromatic heterocycles. The van der Waals surface area contributed by atoms with Crippen molar-refractivity contribution in [3.63, 3.8) is 0 Å². The van der Waals surface area contributed by atoms with Crippen molar-refractivity contribution in [2.75, 3.05) is 18.4 Å². The Morgan fingerprint density at radius 1 is 1.19 bits per heavy atom. The first-order chi connectivity index (χ1) is 12.6.